The molecule has 0 N–H and O–H groups in total. The zero-order chi connectivity index (χ0) is 37.5. The number of nitrogens with zero attached hydrogens (tertiary/aromatic N) is 3. The fourth-order valence-corrected chi connectivity index (χ4v) is 10.1. The molecule has 3 atom stereocenters. The number of ether oxygens (including phenoxy) is 1. The molecule has 0 spiro atoms. The van der Waals surface area contributed by atoms with Gasteiger partial charge in [-0.25, -0.2) is 0 Å². The Morgan fingerprint density at radius 1 is 0.456 bits per heavy atom. The molecule has 272 valence electrons. The molecule has 57 heavy (non-hydrogen) atoms. The quantitative estimate of drug-likeness (QED) is 0.176. The Balaban J connectivity index is 0.985. The Bertz CT molecular complexity index is 3100. The number of para-hydroxylation sites is 3. The van der Waals surface area contributed by atoms with Crippen molar-refractivity contribution < 1.29 is 4.74 Å². The number of hydrogen-bond donors (Lipinski definition) is 0. The number of benzene rings is 7. The lowest BCUT2D eigenvalue weighted by Gasteiger charge is -2.33. The van der Waals surface area contributed by atoms with E-state index >= 15 is 0 Å². The van der Waals surface area contributed by atoms with Gasteiger partial charge < -0.3 is 13.9 Å². The van der Waals surface area contributed by atoms with Crippen molar-refractivity contribution in [2.24, 2.45) is 0 Å². The highest BCUT2D eigenvalue weighted by Gasteiger charge is 2.40. The van der Waals surface area contributed by atoms with Gasteiger partial charge >= 0.3 is 0 Å². The molecule has 4 nitrogen and oxygen atoms in total. The summed E-state index contributed by atoms with van der Waals surface area (Å²) in [6, 6.07) is 62.9. The van der Waals surface area contributed by atoms with Crippen molar-refractivity contribution in [1.82, 2.24) is 14.1 Å². The van der Waals surface area contributed by atoms with Crippen LogP contribution in [-0.4, -0.2) is 20.2 Å². The summed E-state index contributed by atoms with van der Waals surface area (Å²) in [6.07, 6.45) is 7.31. The van der Waals surface area contributed by atoms with Crippen LogP contribution < -0.4 is 4.74 Å². The molecule has 0 saturated heterocycles. The molecule has 1 aliphatic heterocycles. The summed E-state index contributed by atoms with van der Waals surface area (Å²) in [6.45, 7) is 0. The van der Waals surface area contributed by atoms with Gasteiger partial charge in [0.15, 0.2) is 0 Å². The zero-order valence-electron chi connectivity index (χ0n) is 31.4. The third-order valence-electron chi connectivity index (χ3n) is 12.7. The summed E-state index contributed by atoms with van der Waals surface area (Å²) in [7, 11) is 0. The summed E-state index contributed by atoms with van der Waals surface area (Å²) in [5.41, 5.74) is 14.7. The van der Waals surface area contributed by atoms with Crippen molar-refractivity contribution in [3.63, 3.8) is 0 Å². The van der Waals surface area contributed by atoms with Gasteiger partial charge in [0, 0.05) is 68.2 Å². The van der Waals surface area contributed by atoms with E-state index in [4.69, 9.17) is 4.74 Å². The SMILES string of the molecule is c1ccc(-c2cc(-c3ccncc3)cc(-n3c4ccccc4c4cc(-c5ccc6c(c5)c5ccccc5n6C5CCC6Oc7ccccc7C6C5)ccc43)c2)cc1. The van der Waals surface area contributed by atoms with Crippen molar-refractivity contribution in [3.8, 4) is 44.8 Å². The minimum atomic E-state index is 0.287. The highest BCUT2D eigenvalue weighted by atomic mass is 16.5. The van der Waals surface area contributed by atoms with Gasteiger partial charge in [-0.3, -0.25) is 4.98 Å². The number of hydrogen-bond acceptors (Lipinski definition) is 2. The number of rotatable bonds is 5. The van der Waals surface area contributed by atoms with Crippen LogP contribution >= 0.6 is 0 Å². The van der Waals surface area contributed by atoms with E-state index in [1.54, 1.807) is 0 Å². The van der Waals surface area contributed by atoms with Crippen molar-refractivity contribution in [1.29, 1.82) is 0 Å². The van der Waals surface area contributed by atoms with Crippen LogP contribution in [0.4, 0.5) is 0 Å². The minimum absolute atomic E-state index is 0.287. The lowest BCUT2D eigenvalue weighted by Crippen LogP contribution is -2.28. The Morgan fingerprint density at radius 3 is 1.84 bits per heavy atom. The monoisotopic (exact) mass is 733 g/mol. The van der Waals surface area contributed by atoms with Gasteiger partial charge in [0.05, 0.1) is 11.0 Å². The first-order valence-electron chi connectivity index (χ1n) is 20.2. The van der Waals surface area contributed by atoms with Gasteiger partial charge in [0.1, 0.15) is 11.9 Å². The van der Waals surface area contributed by atoms with E-state index in [0.29, 0.717) is 12.0 Å². The molecule has 0 radical (unpaired) electrons. The van der Waals surface area contributed by atoms with E-state index in [0.717, 1.165) is 36.3 Å². The van der Waals surface area contributed by atoms with Gasteiger partial charge in [-0.15, -0.1) is 0 Å². The molecule has 10 aromatic rings. The number of pyridine rings is 1. The number of fused-ring (bicyclic) bond motifs is 9. The van der Waals surface area contributed by atoms with Crippen LogP contribution in [0.1, 0.15) is 36.8 Å². The lowest BCUT2D eigenvalue weighted by molar-refractivity contribution is 0.141. The smallest absolute Gasteiger partial charge is 0.123 e. The Morgan fingerprint density at radius 2 is 1.05 bits per heavy atom. The van der Waals surface area contributed by atoms with Crippen LogP contribution in [0.2, 0.25) is 0 Å². The molecular formula is C53H39N3O. The largest absolute Gasteiger partial charge is 0.489 e. The third-order valence-corrected chi connectivity index (χ3v) is 12.7. The van der Waals surface area contributed by atoms with E-state index in [1.807, 2.05) is 12.4 Å². The summed E-state index contributed by atoms with van der Waals surface area (Å²) in [5.74, 6) is 1.52. The van der Waals surface area contributed by atoms with Crippen molar-refractivity contribution >= 4 is 43.6 Å². The fraction of sp³-hybridized carbons (Fsp3) is 0.113. The summed E-state index contributed by atoms with van der Waals surface area (Å²) < 4.78 is 11.5. The molecule has 3 unspecified atom stereocenters. The Hall–Kier alpha value is -6.91. The van der Waals surface area contributed by atoms with Crippen LogP contribution in [0.3, 0.4) is 0 Å². The summed E-state index contributed by atoms with van der Waals surface area (Å²) in [4.78, 5) is 4.30. The lowest BCUT2D eigenvalue weighted by atomic mass is 9.80. The van der Waals surface area contributed by atoms with Gasteiger partial charge in [0.25, 0.3) is 0 Å². The number of aromatic nitrogens is 3. The van der Waals surface area contributed by atoms with Gasteiger partial charge in [-0.2, -0.15) is 0 Å². The Labute approximate surface area is 331 Å². The molecule has 4 heteroatoms. The molecule has 1 saturated carbocycles. The maximum absolute atomic E-state index is 6.43. The van der Waals surface area contributed by atoms with Crippen LogP contribution in [-0.2, 0) is 0 Å². The maximum atomic E-state index is 6.43. The molecule has 1 aliphatic carbocycles. The van der Waals surface area contributed by atoms with E-state index in [-0.39, 0.29) is 6.10 Å². The van der Waals surface area contributed by atoms with Crippen LogP contribution in [0, 0.1) is 0 Å². The zero-order valence-corrected chi connectivity index (χ0v) is 31.4. The predicted octanol–water partition coefficient (Wildman–Crippen LogP) is 13.6. The van der Waals surface area contributed by atoms with Gasteiger partial charge in [-0.05, 0) is 125 Å². The second-order valence-electron chi connectivity index (χ2n) is 15.8. The van der Waals surface area contributed by atoms with Gasteiger partial charge in [-0.1, -0.05) is 97.1 Å². The summed E-state index contributed by atoms with van der Waals surface area (Å²) in [5, 5.41) is 5.13. The molecule has 0 bridgehead atoms. The van der Waals surface area contributed by atoms with Crippen LogP contribution in [0.5, 0.6) is 5.75 Å². The minimum Gasteiger partial charge on any atom is -0.489 e. The normalized spacial score (nSPS) is 17.6. The highest BCUT2D eigenvalue weighted by molar-refractivity contribution is 6.12. The molecule has 1 fully saturated rings. The molecule has 12 rings (SSSR count). The second-order valence-corrected chi connectivity index (χ2v) is 15.8. The van der Waals surface area contributed by atoms with E-state index in [1.165, 1.54) is 77.0 Å². The van der Waals surface area contributed by atoms with E-state index in [2.05, 4.69) is 184 Å². The van der Waals surface area contributed by atoms with E-state index < -0.39 is 0 Å². The van der Waals surface area contributed by atoms with E-state index in [9.17, 15) is 0 Å². The van der Waals surface area contributed by atoms with Crippen LogP contribution in [0.25, 0.3) is 82.7 Å². The molecule has 7 aromatic carbocycles. The molecule has 4 heterocycles. The van der Waals surface area contributed by atoms with Gasteiger partial charge in [0.2, 0.25) is 0 Å². The molecule has 0 amide bonds. The second kappa shape index (κ2) is 12.8. The average molecular weight is 734 g/mol. The van der Waals surface area contributed by atoms with Crippen molar-refractivity contribution in [3.05, 3.63) is 188 Å². The molecule has 2 aliphatic rings. The standard InChI is InChI=1S/C53H39N3O/c1-2-10-34(11-3-1)38-28-39(35-24-26-54-27-25-35)30-41(29-38)56-49-16-8-5-13-43(49)46-32-37(19-22-51(46)56)36-18-21-50-45(31-36)42-12-4-7-15-48(42)55(50)40-20-23-53-47(33-40)44-14-6-9-17-52(44)57-53/h1-19,21-22,24-32,40,47,53H,20,23,33H2. The first kappa shape index (κ1) is 32.3. The van der Waals surface area contributed by atoms with Crippen molar-refractivity contribution in [2.45, 2.75) is 37.3 Å². The molecular weight excluding hydrogens is 695 g/mol. The average Bonchev–Trinajstić information content (AvgIpc) is 3.94. The first-order chi connectivity index (χ1) is 28.2. The third kappa shape index (κ3) is 5.17. The first-order valence-corrected chi connectivity index (χ1v) is 20.2. The predicted molar refractivity (Wildman–Crippen MR) is 234 cm³/mol. The van der Waals surface area contributed by atoms with Crippen LogP contribution in [0.15, 0.2) is 182 Å². The molecule has 3 aromatic heterocycles. The topological polar surface area (TPSA) is 32.0 Å². The maximum Gasteiger partial charge on any atom is 0.123 e. The highest BCUT2D eigenvalue weighted by Crippen LogP contribution is 2.50. The fourth-order valence-electron chi connectivity index (χ4n) is 10.1. The Kier molecular flexibility index (Phi) is 7.28. The summed E-state index contributed by atoms with van der Waals surface area (Å²) >= 11 is 0. The van der Waals surface area contributed by atoms with Crippen molar-refractivity contribution in [2.75, 3.05) is 0 Å².